The molecule has 0 heterocycles. The Morgan fingerprint density at radius 1 is 1.03 bits per heavy atom. The largest absolute Gasteiger partial charge is 0.508 e. The number of ether oxygens (including phenoxy) is 1. The minimum atomic E-state index is -1.01. The van der Waals surface area contributed by atoms with Gasteiger partial charge in [-0.25, -0.2) is 4.79 Å². The zero-order valence-electron chi connectivity index (χ0n) is 23.7. The summed E-state index contributed by atoms with van der Waals surface area (Å²) in [5.74, 6) is -0.572. The van der Waals surface area contributed by atoms with Gasteiger partial charge in [-0.3, -0.25) is 9.59 Å². The van der Waals surface area contributed by atoms with E-state index in [1.54, 1.807) is 37.8 Å². The second kappa shape index (κ2) is 13.8. The fraction of sp³-hybridized carbons (Fsp3) is 0.500. The number of carbonyl (C=O) groups is 3. The van der Waals surface area contributed by atoms with Crippen LogP contribution in [0, 0.1) is 6.92 Å². The van der Waals surface area contributed by atoms with E-state index in [4.69, 9.17) is 4.74 Å². The van der Waals surface area contributed by atoms with Crippen LogP contribution in [0.2, 0.25) is 0 Å². The molecular formula is C30H43N3O5. The Morgan fingerprint density at radius 3 is 2.21 bits per heavy atom. The van der Waals surface area contributed by atoms with Crippen LogP contribution in [0.15, 0.2) is 48.5 Å². The fourth-order valence-corrected chi connectivity index (χ4v) is 4.17. The van der Waals surface area contributed by atoms with E-state index in [1.165, 1.54) is 12.1 Å². The highest BCUT2D eigenvalue weighted by Crippen LogP contribution is 2.28. The van der Waals surface area contributed by atoms with Crippen molar-refractivity contribution in [3.05, 3.63) is 65.2 Å². The second-order valence-corrected chi connectivity index (χ2v) is 10.8. The smallest absolute Gasteiger partial charge is 0.408 e. The first-order valence-electron chi connectivity index (χ1n) is 13.3. The van der Waals surface area contributed by atoms with E-state index < -0.39 is 29.7 Å². The molecule has 2 unspecified atom stereocenters. The van der Waals surface area contributed by atoms with Crippen molar-refractivity contribution in [1.82, 2.24) is 15.5 Å². The molecule has 8 nitrogen and oxygen atoms in total. The van der Waals surface area contributed by atoms with E-state index in [0.29, 0.717) is 6.54 Å². The lowest BCUT2D eigenvalue weighted by Crippen LogP contribution is -2.55. The van der Waals surface area contributed by atoms with Crippen LogP contribution in [-0.4, -0.2) is 52.1 Å². The molecule has 2 aromatic carbocycles. The molecule has 3 N–H and O–H groups in total. The molecule has 0 saturated heterocycles. The van der Waals surface area contributed by atoms with Crippen LogP contribution in [-0.2, 0) is 20.7 Å². The summed E-state index contributed by atoms with van der Waals surface area (Å²) in [4.78, 5) is 42.2. The maximum Gasteiger partial charge on any atom is 0.408 e. The first-order chi connectivity index (χ1) is 17.8. The summed E-state index contributed by atoms with van der Waals surface area (Å²) in [5, 5.41) is 15.4. The van der Waals surface area contributed by atoms with Crippen LogP contribution >= 0.6 is 0 Å². The number of nitrogens with zero attached hydrogens (tertiary/aromatic N) is 1. The summed E-state index contributed by atoms with van der Waals surface area (Å²) in [7, 11) is 0. The van der Waals surface area contributed by atoms with Gasteiger partial charge < -0.3 is 25.4 Å². The van der Waals surface area contributed by atoms with Gasteiger partial charge in [-0.1, -0.05) is 49.7 Å². The third-order valence-electron chi connectivity index (χ3n) is 6.02. The maximum absolute atomic E-state index is 14.2. The lowest BCUT2D eigenvalue weighted by atomic mass is 9.96. The predicted molar refractivity (Wildman–Crippen MR) is 149 cm³/mol. The third kappa shape index (κ3) is 9.08. The van der Waals surface area contributed by atoms with Gasteiger partial charge >= 0.3 is 6.09 Å². The predicted octanol–water partition coefficient (Wildman–Crippen LogP) is 5.03. The molecule has 208 valence electrons. The molecule has 0 radical (unpaired) electrons. The molecule has 0 aliphatic heterocycles. The van der Waals surface area contributed by atoms with Gasteiger partial charge in [0.1, 0.15) is 23.4 Å². The van der Waals surface area contributed by atoms with E-state index in [-0.39, 0.29) is 24.1 Å². The molecule has 0 bridgehead atoms. The van der Waals surface area contributed by atoms with E-state index in [1.807, 2.05) is 52.0 Å². The average Bonchev–Trinajstić information content (AvgIpc) is 2.82. The average molecular weight is 526 g/mol. The maximum atomic E-state index is 14.2. The number of hydrogen-bond donors (Lipinski definition) is 3. The molecule has 0 saturated carbocycles. The Kier molecular flexibility index (Phi) is 11.2. The van der Waals surface area contributed by atoms with Gasteiger partial charge in [0.15, 0.2) is 0 Å². The van der Waals surface area contributed by atoms with Gasteiger partial charge in [0.05, 0.1) is 0 Å². The Labute approximate surface area is 226 Å². The van der Waals surface area contributed by atoms with Gasteiger partial charge in [-0.2, -0.15) is 0 Å². The standard InChI is InChI=1S/C30H43N3O5/c1-8-9-18-31-27(35)26(24-13-11-10-12-21(24)4)33(20(2)3)28(36)25(32-29(37)38-30(5,6)7)19-22-14-16-23(34)17-15-22/h10-17,20,25-26,34H,8-9,18-19H2,1-7H3,(H,31,35)(H,32,37). The summed E-state index contributed by atoms with van der Waals surface area (Å²) >= 11 is 0. The number of nitrogens with one attached hydrogen (secondary N) is 2. The number of phenolic OH excluding ortho intramolecular Hbond substituents is 1. The summed E-state index contributed by atoms with van der Waals surface area (Å²) in [6, 6.07) is 11.7. The van der Waals surface area contributed by atoms with Crippen molar-refractivity contribution in [2.45, 2.75) is 91.5 Å². The number of alkyl carbamates (subject to hydrolysis) is 1. The molecule has 0 aliphatic carbocycles. The number of phenols is 1. The third-order valence-corrected chi connectivity index (χ3v) is 6.02. The first kappa shape index (κ1) is 30.7. The van der Waals surface area contributed by atoms with Crippen LogP contribution < -0.4 is 10.6 Å². The van der Waals surface area contributed by atoms with Gasteiger partial charge in [0.25, 0.3) is 0 Å². The first-order valence-corrected chi connectivity index (χ1v) is 13.3. The summed E-state index contributed by atoms with van der Waals surface area (Å²) in [6.07, 6.45) is 1.18. The van der Waals surface area contributed by atoms with E-state index in [2.05, 4.69) is 10.6 Å². The van der Waals surface area contributed by atoms with Crippen molar-refractivity contribution in [3.63, 3.8) is 0 Å². The molecule has 2 aromatic rings. The van der Waals surface area contributed by atoms with Crippen molar-refractivity contribution in [3.8, 4) is 5.75 Å². The molecule has 2 atom stereocenters. The van der Waals surface area contributed by atoms with Gasteiger partial charge in [-0.15, -0.1) is 0 Å². The molecule has 3 amide bonds. The number of amides is 3. The Bertz CT molecular complexity index is 1080. The van der Waals surface area contributed by atoms with E-state index in [0.717, 1.165) is 29.5 Å². The fourth-order valence-electron chi connectivity index (χ4n) is 4.17. The number of benzene rings is 2. The topological polar surface area (TPSA) is 108 Å². The zero-order chi connectivity index (χ0) is 28.5. The Balaban J connectivity index is 2.52. The van der Waals surface area contributed by atoms with Gasteiger partial charge in [0, 0.05) is 19.0 Å². The number of aromatic hydroxyl groups is 1. The number of carbonyl (C=O) groups excluding carboxylic acids is 3. The van der Waals surface area contributed by atoms with Crippen molar-refractivity contribution in [2.75, 3.05) is 6.54 Å². The number of aryl methyl sites for hydroxylation is 1. The Morgan fingerprint density at radius 2 is 1.66 bits per heavy atom. The zero-order valence-corrected chi connectivity index (χ0v) is 23.7. The number of rotatable bonds is 11. The molecule has 0 spiro atoms. The SMILES string of the molecule is CCCCNC(=O)C(c1ccccc1C)N(C(=O)C(Cc1ccc(O)cc1)NC(=O)OC(C)(C)C)C(C)C. The van der Waals surface area contributed by atoms with Crippen molar-refractivity contribution in [1.29, 1.82) is 0 Å². The molecular weight excluding hydrogens is 482 g/mol. The highest BCUT2D eigenvalue weighted by molar-refractivity contribution is 5.92. The molecule has 0 fully saturated rings. The quantitative estimate of drug-likeness (QED) is 0.357. The number of hydrogen-bond acceptors (Lipinski definition) is 5. The summed E-state index contributed by atoms with van der Waals surface area (Å²) < 4.78 is 5.45. The van der Waals surface area contributed by atoms with Crippen LogP contribution in [0.4, 0.5) is 4.79 Å². The minimum absolute atomic E-state index is 0.101. The second-order valence-electron chi connectivity index (χ2n) is 10.8. The summed E-state index contributed by atoms with van der Waals surface area (Å²) in [5.41, 5.74) is 1.60. The molecule has 38 heavy (non-hydrogen) atoms. The van der Waals surface area contributed by atoms with Crippen molar-refractivity contribution in [2.24, 2.45) is 0 Å². The monoisotopic (exact) mass is 525 g/mol. The minimum Gasteiger partial charge on any atom is -0.508 e. The van der Waals surface area contributed by atoms with E-state index in [9.17, 15) is 19.5 Å². The van der Waals surface area contributed by atoms with Crippen LogP contribution in [0.3, 0.4) is 0 Å². The Hall–Kier alpha value is -3.55. The lowest BCUT2D eigenvalue weighted by molar-refractivity contribution is -0.144. The van der Waals surface area contributed by atoms with Gasteiger partial charge in [0.2, 0.25) is 11.8 Å². The highest BCUT2D eigenvalue weighted by atomic mass is 16.6. The molecule has 0 aromatic heterocycles. The highest BCUT2D eigenvalue weighted by Gasteiger charge is 2.38. The van der Waals surface area contributed by atoms with Crippen LogP contribution in [0.25, 0.3) is 0 Å². The van der Waals surface area contributed by atoms with Crippen molar-refractivity contribution < 1.29 is 24.2 Å². The molecule has 0 aliphatic rings. The normalized spacial score (nSPS) is 12.9. The lowest BCUT2D eigenvalue weighted by Gasteiger charge is -2.37. The number of unbranched alkanes of at least 4 members (excludes halogenated alkanes) is 1. The molecule has 2 rings (SSSR count). The van der Waals surface area contributed by atoms with E-state index >= 15 is 0 Å². The van der Waals surface area contributed by atoms with Crippen LogP contribution in [0.5, 0.6) is 5.75 Å². The van der Waals surface area contributed by atoms with Gasteiger partial charge in [-0.05, 0) is 76.8 Å². The van der Waals surface area contributed by atoms with Crippen LogP contribution in [0.1, 0.15) is 77.1 Å². The van der Waals surface area contributed by atoms with Crippen molar-refractivity contribution >= 4 is 17.9 Å². The molecule has 8 heteroatoms. The summed E-state index contributed by atoms with van der Waals surface area (Å²) in [6.45, 7) is 13.4.